The predicted octanol–water partition coefficient (Wildman–Crippen LogP) is 0.181. The summed E-state index contributed by atoms with van der Waals surface area (Å²) < 4.78 is 23.0. The van der Waals surface area contributed by atoms with Gasteiger partial charge in [-0.25, -0.2) is 8.42 Å². The molecule has 7 nitrogen and oxygen atoms in total. The zero-order valence-electron chi connectivity index (χ0n) is 12.5. The van der Waals surface area contributed by atoms with E-state index in [1.165, 1.54) is 6.20 Å². The van der Waals surface area contributed by atoms with E-state index in [1.807, 2.05) is 0 Å². The van der Waals surface area contributed by atoms with Gasteiger partial charge in [-0.2, -0.15) is 5.10 Å². The minimum atomic E-state index is -2.80. The third-order valence-corrected chi connectivity index (χ3v) is 6.38. The van der Waals surface area contributed by atoms with Gasteiger partial charge in [0.15, 0.2) is 0 Å². The van der Waals surface area contributed by atoms with E-state index in [9.17, 15) is 13.2 Å². The average molecular weight is 326 g/mol. The molecule has 1 aromatic rings. The molecular weight excluding hydrogens is 304 g/mol. The summed E-state index contributed by atoms with van der Waals surface area (Å²) in [7, 11) is -2.80. The average Bonchev–Trinajstić information content (AvgIpc) is 3.03. The molecule has 0 saturated carbocycles. The Hall–Kier alpha value is -1.41. The van der Waals surface area contributed by atoms with Crippen molar-refractivity contribution >= 4 is 15.7 Å². The summed E-state index contributed by atoms with van der Waals surface area (Å²) in [6.07, 6.45) is 6.42. The predicted molar refractivity (Wildman–Crippen MR) is 82.3 cm³/mol. The lowest BCUT2D eigenvalue weighted by Crippen LogP contribution is -2.49. The highest BCUT2D eigenvalue weighted by molar-refractivity contribution is 7.91. The van der Waals surface area contributed by atoms with Crippen molar-refractivity contribution in [2.24, 2.45) is 0 Å². The maximum absolute atomic E-state index is 12.0. The van der Waals surface area contributed by atoms with E-state index in [4.69, 9.17) is 0 Å². The number of piperidine rings is 1. The molecule has 0 radical (unpaired) electrons. The van der Waals surface area contributed by atoms with Gasteiger partial charge in [-0.15, -0.1) is 0 Å². The van der Waals surface area contributed by atoms with Gasteiger partial charge in [-0.3, -0.25) is 9.89 Å². The molecule has 3 rings (SSSR count). The summed E-state index contributed by atoms with van der Waals surface area (Å²) in [5.74, 6) is 0.542. The number of nitrogens with one attached hydrogen (secondary N) is 2. The Labute approximate surface area is 130 Å². The lowest BCUT2D eigenvalue weighted by atomic mass is 10.0. The molecule has 0 atom stereocenters. The molecule has 3 heterocycles. The van der Waals surface area contributed by atoms with Crippen molar-refractivity contribution in [1.82, 2.24) is 20.4 Å². The number of carbonyl (C=O) groups excluding carboxylic acids is 1. The molecule has 2 fully saturated rings. The fraction of sp³-hybridized carbons (Fsp3) is 0.714. The molecule has 122 valence electrons. The monoisotopic (exact) mass is 326 g/mol. The highest BCUT2D eigenvalue weighted by Crippen LogP contribution is 2.22. The molecule has 0 bridgehead atoms. The van der Waals surface area contributed by atoms with E-state index in [0.717, 1.165) is 38.8 Å². The van der Waals surface area contributed by atoms with Crippen LogP contribution in [0.25, 0.3) is 0 Å². The first-order valence-corrected chi connectivity index (χ1v) is 9.60. The van der Waals surface area contributed by atoms with Crippen molar-refractivity contribution in [3.05, 3.63) is 18.0 Å². The maximum atomic E-state index is 12.0. The van der Waals surface area contributed by atoms with E-state index in [1.54, 1.807) is 6.20 Å². The number of H-pyrrole nitrogens is 1. The smallest absolute Gasteiger partial charge is 0.254 e. The lowest BCUT2D eigenvalue weighted by molar-refractivity contribution is 0.0885. The van der Waals surface area contributed by atoms with Gasteiger partial charge in [0.25, 0.3) is 5.91 Å². The third-order valence-electron chi connectivity index (χ3n) is 4.67. The van der Waals surface area contributed by atoms with Gasteiger partial charge in [0.2, 0.25) is 0 Å². The van der Waals surface area contributed by atoms with Gasteiger partial charge in [0.05, 0.1) is 23.3 Å². The molecule has 0 aromatic carbocycles. The number of hydrogen-bond donors (Lipinski definition) is 2. The van der Waals surface area contributed by atoms with Crippen LogP contribution in [0.3, 0.4) is 0 Å². The van der Waals surface area contributed by atoms with Crippen LogP contribution >= 0.6 is 0 Å². The summed E-state index contributed by atoms with van der Waals surface area (Å²) in [5, 5.41) is 9.45. The van der Waals surface area contributed by atoms with Crippen molar-refractivity contribution in [3.63, 3.8) is 0 Å². The van der Waals surface area contributed by atoms with E-state index in [0.29, 0.717) is 23.1 Å². The van der Waals surface area contributed by atoms with Gasteiger partial charge < -0.3 is 10.2 Å². The molecule has 2 saturated heterocycles. The molecule has 0 unspecified atom stereocenters. The van der Waals surface area contributed by atoms with Gasteiger partial charge in [-0.05, 0) is 25.7 Å². The first-order chi connectivity index (χ1) is 10.5. The van der Waals surface area contributed by atoms with Crippen molar-refractivity contribution in [2.45, 2.75) is 37.8 Å². The van der Waals surface area contributed by atoms with E-state index >= 15 is 0 Å². The van der Waals surface area contributed by atoms with Crippen LogP contribution in [0.5, 0.6) is 0 Å². The number of aromatic nitrogens is 2. The number of sulfone groups is 1. The number of nitrogens with zero attached hydrogens (tertiary/aromatic N) is 2. The zero-order valence-corrected chi connectivity index (χ0v) is 13.3. The number of carbonyl (C=O) groups is 1. The van der Waals surface area contributed by atoms with Crippen LogP contribution < -0.4 is 5.32 Å². The Morgan fingerprint density at radius 1 is 1.23 bits per heavy atom. The highest BCUT2D eigenvalue weighted by Gasteiger charge is 2.30. The Morgan fingerprint density at radius 2 is 1.91 bits per heavy atom. The van der Waals surface area contributed by atoms with Crippen molar-refractivity contribution in [3.8, 4) is 0 Å². The summed E-state index contributed by atoms with van der Waals surface area (Å²) in [5.41, 5.74) is 0.555. The second kappa shape index (κ2) is 6.37. The third kappa shape index (κ3) is 3.67. The summed E-state index contributed by atoms with van der Waals surface area (Å²) >= 11 is 0. The van der Waals surface area contributed by atoms with Gasteiger partial charge in [0, 0.05) is 31.4 Å². The van der Waals surface area contributed by atoms with E-state index in [-0.39, 0.29) is 11.9 Å². The number of amides is 1. The fourth-order valence-electron chi connectivity index (χ4n) is 3.30. The van der Waals surface area contributed by atoms with Crippen molar-refractivity contribution in [2.75, 3.05) is 24.6 Å². The van der Waals surface area contributed by atoms with Crippen LogP contribution in [0.15, 0.2) is 12.4 Å². The standard InChI is InChI=1S/C14H22N4O3S/c19-14(11-9-15-16-10-11)17-12-1-5-18(6-2-12)13-3-7-22(20,21)8-4-13/h9-10,12-13H,1-8H2,(H,15,16)(H,17,19). The quantitative estimate of drug-likeness (QED) is 0.826. The zero-order chi connectivity index (χ0) is 15.6. The van der Waals surface area contributed by atoms with Gasteiger partial charge in [-0.1, -0.05) is 0 Å². The topological polar surface area (TPSA) is 95.2 Å². The number of hydrogen-bond acceptors (Lipinski definition) is 5. The van der Waals surface area contributed by atoms with Crippen molar-refractivity contribution in [1.29, 1.82) is 0 Å². The summed E-state index contributed by atoms with van der Waals surface area (Å²) in [6, 6.07) is 0.569. The molecule has 1 amide bonds. The molecule has 1 aromatic heterocycles. The summed E-state index contributed by atoms with van der Waals surface area (Å²) in [6.45, 7) is 1.84. The number of likely N-dealkylation sites (tertiary alicyclic amines) is 1. The first-order valence-electron chi connectivity index (χ1n) is 7.77. The Kier molecular flexibility index (Phi) is 4.49. The van der Waals surface area contributed by atoms with Crippen LogP contribution in [0.2, 0.25) is 0 Å². The minimum Gasteiger partial charge on any atom is -0.349 e. The molecule has 8 heteroatoms. The Morgan fingerprint density at radius 3 is 2.50 bits per heavy atom. The van der Waals surface area contributed by atoms with Gasteiger partial charge in [0.1, 0.15) is 9.84 Å². The first kappa shape index (κ1) is 15.5. The molecule has 22 heavy (non-hydrogen) atoms. The van der Waals surface area contributed by atoms with Crippen LogP contribution in [0.4, 0.5) is 0 Å². The molecule has 2 aliphatic rings. The van der Waals surface area contributed by atoms with Gasteiger partial charge >= 0.3 is 0 Å². The van der Waals surface area contributed by atoms with Crippen LogP contribution in [-0.2, 0) is 9.84 Å². The SMILES string of the molecule is O=C(NC1CCN(C2CCS(=O)(=O)CC2)CC1)c1cn[nH]c1. The largest absolute Gasteiger partial charge is 0.349 e. The Balaban J connectivity index is 1.46. The van der Waals surface area contributed by atoms with E-state index in [2.05, 4.69) is 20.4 Å². The molecular formula is C14H22N4O3S. The van der Waals surface area contributed by atoms with Crippen LogP contribution in [0.1, 0.15) is 36.0 Å². The Bertz CT molecular complexity index is 592. The fourth-order valence-corrected chi connectivity index (χ4v) is 4.76. The van der Waals surface area contributed by atoms with E-state index < -0.39 is 9.84 Å². The molecule has 0 spiro atoms. The van der Waals surface area contributed by atoms with Crippen LogP contribution in [0, 0.1) is 0 Å². The molecule has 0 aliphatic carbocycles. The number of rotatable bonds is 3. The van der Waals surface area contributed by atoms with Crippen molar-refractivity contribution < 1.29 is 13.2 Å². The maximum Gasteiger partial charge on any atom is 0.254 e. The highest BCUT2D eigenvalue weighted by atomic mass is 32.2. The minimum absolute atomic E-state index is 0.0871. The number of aromatic amines is 1. The second-order valence-corrected chi connectivity index (χ2v) is 8.46. The molecule has 2 aliphatic heterocycles. The summed E-state index contributed by atoms with van der Waals surface area (Å²) in [4.78, 5) is 14.4. The molecule has 2 N–H and O–H groups in total. The lowest BCUT2D eigenvalue weighted by Gasteiger charge is -2.39. The second-order valence-electron chi connectivity index (χ2n) is 6.15. The normalized spacial score (nSPS) is 24.2. The van der Waals surface area contributed by atoms with Crippen LogP contribution in [-0.4, -0.2) is 66.1 Å².